The van der Waals surface area contributed by atoms with Gasteiger partial charge in [-0.15, -0.1) is 0 Å². The molecule has 0 aliphatic rings. The van der Waals surface area contributed by atoms with E-state index in [0.29, 0.717) is 12.0 Å². The molecule has 1 aromatic carbocycles. The zero-order chi connectivity index (χ0) is 14.8. The van der Waals surface area contributed by atoms with E-state index < -0.39 is 0 Å². The highest BCUT2D eigenvalue weighted by atomic mass is 16.5. The molecule has 0 fully saturated rings. The zero-order valence-corrected chi connectivity index (χ0v) is 13.3. The lowest BCUT2D eigenvalue weighted by molar-refractivity contribution is 0.123. The average molecular weight is 279 g/mol. The molecular formula is C17H29NO2. The van der Waals surface area contributed by atoms with E-state index >= 15 is 0 Å². The molecule has 1 aromatic rings. The summed E-state index contributed by atoms with van der Waals surface area (Å²) in [5.74, 6) is 1.62. The van der Waals surface area contributed by atoms with Crippen LogP contribution in [0.1, 0.15) is 45.2 Å². The SMILES string of the molecule is CCC(NCCOCCC(C)C)c1ccc(OC)cc1. The van der Waals surface area contributed by atoms with E-state index in [-0.39, 0.29) is 0 Å². The second-order valence-electron chi connectivity index (χ2n) is 5.48. The number of rotatable bonds is 10. The molecule has 0 saturated heterocycles. The Bertz CT molecular complexity index is 349. The van der Waals surface area contributed by atoms with Crippen molar-refractivity contribution in [2.45, 2.75) is 39.7 Å². The Hall–Kier alpha value is -1.06. The summed E-state index contributed by atoms with van der Waals surface area (Å²) in [6.45, 7) is 9.17. The Labute approximate surface area is 123 Å². The smallest absolute Gasteiger partial charge is 0.118 e. The van der Waals surface area contributed by atoms with Gasteiger partial charge < -0.3 is 14.8 Å². The van der Waals surface area contributed by atoms with Crippen LogP contribution in [0.2, 0.25) is 0 Å². The zero-order valence-electron chi connectivity index (χ0n) is 13.3. The van der Waals surface area contributed by atoms with Crippen LogP contribution >= 0.6 is 0 Å². The van der Waals surface area contributed by atoms with Crippen LogP contribution in [-0.2, 0) is 4.74 Å². The summed E-state index contributed by atoms with van der Waals surface area (Å²) in [7, 11) is 1.69. The van der Waals surface area contributed by atoms with Crippen molar-refractivity contribution in [1.29, 1.82) is 0 Å². The normalized spacial score (nSPS) is 12.7. The van der Waals surface area contributed by atoms with Gasteiger partial charge in [0.25, 0.3) is 0 Å². The van der Waals surface area contributed by atoms with Gasteiger partial charge in [0, 0.05) is 19.2 Å². The van der Waals surface area contributed by atoms with Crippen molar-refractivity contribution < 1.29 is 9.47 Å². The molecule has 114 valence electrons. The van der Waals surface area contributed by atoms with Crippen LogP contribution in [-0.4, -0.2) is 26.9 Å². The summed E-state index contributed by atoms with van der Waals surface area (Å²) in [6.07, 6.45) is 2.20. The first-order valence-electron chi connectivity index (χ1n) is 7.62. The molecule has 0 radical (unpaired) electrons. The fraction of sp³-hybridized carbons (Fsp3) is 0.647. The Morgan fingerprint density at radius 2 is 1.80 bits per heavy atom. The van der Waals surface area contributed by atoms with Crippen molar-refractivity contribution in [2.24, 2.45) is 5.92 Å². The second-order valence-corrected chi connectivity index (χ2v) is 5.48. The van der Waals surface area contributed by atoms with Crippen LogP contribution < -0.4 is 10.1 Å². The van der Waals surface area contributed by atoms with E-state index in [4.69, 9.17) is 9.47 Å². The lowest BCUT2D eigenvalue weighted by atomic mass is 10.0. The van der Waals surface area contributed by atoms with Crippen LogP contribution in [0.5, 0.6) is 5.75 Å². The lowest BCUT2D eigenvalue weighted by Gasteiger charge is -2.18. The highest BCUT2D eigenvalue weighted by molar-refractivity contribution is 5.29. The maximum Gasteiger partial charge on any atom is 0.118 e. The van der Waals surface area contributed by atoms with Crippen LogP contribution in [0.3, 0.4) is 0 Å². The van der Waals surface area contributed by atoms with Gasteiger partial charge in [-0.05, 0) is 36.5 Å². The highest BCUT2D eigenvalue weighted by Crippen LogP contribution is 2.19. The summed E-state index contributed by atoms with van der Waals surface area (Å²) >= 11 is 0. The van der Waals surface area contributed by atoms with Gasteiger partial charge in [0.1, 0.15) is 5.75 Å². The van der Waals surface area contributed by atoms with Gasteiger partial charge in [0.05, 0.1) is 13.7 Å². The molecule has 0 aromatic heterocycles. The van der Waals surface area contributed by atoms with Crippen LogP contribution in [0, 0.1) is 5.92 Å². The summed E-state index contributed by atoms with van der Waals surface area (Å²) in [6, 6.07) is 8.66. The average Bonchev–Trinajstić information content (AvgIpc) is 2.46. The van der Waals surface area contributed by atoms with Gasteiger partial charge in [0.2, 0.25) is 0 Å². The molecule has 0 saturated carbocycles. The number of hydrogen-bond donors (Lipinski definition) is 1. The number of methoxy groups -OCH3 is 1. The fourth-order valence-corrected chi connectivity index (χ4v) is 2.06. The van der Waals surface area contributed by atoms with Gasteiger partial charge in [-0.2, -0.15) is 0 Å². The molecule has 0 aliphatic heterocycles. The lowest BCUT2D eigenvalue weighted by Crippen LogP contribution is -2.25. The third-order valence-electron chi connectivity index (χ3n) is 3.40. The molecule has 0 spiro atoms. The minimum absolute atomic E-state index is 0.384. The molecule has 20 heavy (non-hydrogen) atoms. The number of nitrogens with one attached hydrogen (secondary N) is 1. The van der Waals surface area contributed by atoms with Gasteiger partial charge in [-0.1, -0.05) is 32.9 Å². The van der Waals surface area contributed by atoms with Crippen molar-refractivity contribution in [3.63, 3.8) is 0 Å². The maximum absolute atomic E-state index is 5.63. The maximum atomic E-state index is 5.63. The Morgan fingerprint density at radius 3 is 2.35 bits per heavy atom. The third kappa shape index (κ3) is 6.40. The van der Waals surface area contributed by atoms with Crippen LogP contribution in [0.15, 0.2) is 24.3 Å². The fourth-order valence-electron chi connectivity index (χ4n) is 2.06. The summed E-state index contributed by atoms with van der Waals surface area (Å²) < 4.78 is 10.8. The minimum atomic E-state index is 0.384. The topological polar surface area (TPSA) is 30.5 Å². The number of hydrogen-bond acceptors (Lipinski definition) is 3. The molecular weight excluding hydrogens is 250 g/mol. The monoisotopic (exact) mass is 279 g/mol. The predicted molar refractivity (Wildman–Crippen MR) is 84.3 cm³/mol. The minimum Gasteiger partial charge on any atom is -0.497 e. The van der Waals surface area contributed by atoms with Crippen molar-refractivity contribution >= 4 is 0 Å². The molecule has 0 amide bonds. The first kappa shape index (κ1) is 17.0. The molecule has 1 atom stereocenters. The molecule has 1 rings (SSSR count). The standard InChI is InChI=1S/C17H29NO2/c1-5-17(15-6-8-16(19-4)9-7-15)18-11-13-20-12-10-14(2)3/h6-9,14,17-18H,5,10-13H2,1-4H3. The highest BCUT2D eigenvalue weighted by Gasteiger charge is 2.08. The molecule has 1 N–H and O–H groups in total. The van der Waals surface area contributed by atoms with E-state index in [2.05, 4.69) is 38.2 Å². The first-order chi connectivity index (χ1) is 9.67. The quantitative estimate of drug-likeness (QED) is 0.661. The summed E-state index contributed by atoms with van der Waals surface area (Å²) in [5, 5.41) is 3.55. The predicted octanol–water partition coefficient (Wildman–Crippen LogP) is 3.80. The summed E-state index contributed by atoms with van der Waals surface area (Å²) in [4.78, 5) is 0. The molecule has 3 nitrogen and oxygen atoms in total. The Kier molecular flexibility index (Phi) is 8.31. The van der Waals surface area contributed by atoms with Gasteiger partial charge in [-0.3, -0.25) is 0 Å². The van der Waals surface area contributed by atoms with E-state index in [0.717, 1.165) is 38.3 Å². The van der Waals surface area contributed by atoms with Gasteiger partial charge >= 0.3 is 0 Å². The van der Waals surface area contributed by atoms with Gasteiger partial charge in [0.15, 0.2) is 0 Å². The van der Waals surface area contributed by atoms with E-state index in [1.165, 1.54) is 5.56 Å². The Balaban J connectivity index is 2.28. The molecule has 0 bridgehead atoms. The first-order valence-corrected chi connectivity index (χ1v) is 7.62. The van der Waals surface area contributed by atoms with E-state index in [1.807, 2.05) is 12.1 Å². The molecule has 0 heterocycles. The molecule has 3 heteroatoms. The largest absolute Gasteiger partial charge is 0.497 e. The molecule has 0 aliphatic carbocycles. The van der Waals surface area contributed by atoms with E-state index in [9.17, 15) is 0 Å². The van der Waals surface area contributed by atoms with E-state index in [1.54, 1.807) is 7.11 Å². The van der Waals surface area contributed by atoms with Crippen molar-refractivity contribution in [3.05, 3.63) is 29.8 Å². The molecule has 1 unspecified atom stereocenters. The van der Waals surface area contributed by atoms with Crippen LogP contribution in [0.4, 0.5) is 0 Å². The second kappa shape index (κ2) is 9.78. The number of benzene rings is 1. The third-order valence-corrected chi connectivity index (χ3v) is 3.40. The Morgan fingerprint density at radius 1 is 1.10 bits per heavy atom. The number of ether oxygens (including phenoxy) is 2. The van der Waals surface area contributed by atoms with Crippen LogP contribution in [0.25, 0.3) is 0 Å². The van der Waals surface area contributed by atoms with Crippen molar-refractivity contribution in [2.75, 3.05) is 26.9 Å². The van der Waals surface area contributed by atoms with Gasteiger partial charge in [-0.25, -0.2) is 0 Å². The summed E-state index contributed by atoms with van der Waals surface area (Å²) in [5.41, 5.74) is 1.30. The van der Waals surface area contributed by atoms with Crippen molar-refractivity contribution in [3.8, 4) is 5.75 Å². The van der Waals surface area contributed by atoms with Crippen molar-refractivity contribution in [1.82, 2.24) is 5.32 Å².